The van der Waals surface area contributed by atoms with Crippen LogP contribution < -0.4 is 10.2 Å². The Hall–Kier alpha value is -3.54. The molecule has 3 unspecified atom stereocenters. The smallest absolute Gasteiger partial charge is 0.407 e. The van der Waals surface area contributed by atoms with E-state index < -0.39 is 11.5 Å². The molecule has 3 aromatic rings. The van der Waals surface area contributed by atoms with Crippen LogP contribution >= 0.6 is 11.8 Å². The number of rotatable bonds is 9. The van der Waals surface area contributed by atoms with Crippen LogP contribution in [-0.4, -0.2) is 56.9 Å². The summed E-state index contributed by atoms with van der Waals surface area (Å²) in [4.78, 5) is 19.7. The highest BCUT2D eigenvalue weighted by molar-refractivity contribution is 7.99. The van der Waals surface area contributed by atoms with Gasteiger partial charge in [0.15, 0.2) is 0 Å². The molecule has 1 saturated carbocycles. The highest BCUT2D eigenvalue weighted by Gasteiger charge is 2.53. The van der Waals surface area contributed by atoms with Crippen molar-refractivity contribution in [2.24, 2.45) is 17.8 Å². The molecule has 1 aliphatic carbocycles. The Morgan fingerprint density at radius 1 is 1.00 bits per heavy atom. The summed E-state index contributed by atoms with van der Waals surface area (Å²) in [5, 5.41) is 13.4. The van der Waals surface area contributed by atoms with E-state index in [9.17, 15) is 14.4 Å². The maximum Gasteiger partial charge on any atom is 0.407 e. The van der Waals surface area contributed by atoms with Crippen molar-refractivity contribution in [2.75, 3.05) is 44.7 Å². The zero-order chi connectivity index (χ0) is 30.5. The van der Waals surface area contributed by atoms with Crippen LogP contribution in [-0.2, 0) is 10.2 Å². The van der Waals surface area contributed by atoms with Gasteiger partial charge in [0.1, 0.15) is 11.9 Å². The van der Waals surface area contributed by atoms with Crippen LogP contribution in [0.1, 0.15) is 37.7 Å². The van der Waals surface area contributed by atoms with Gasteiger partial charge >= 0.3 is 6.09 Å². The van der Waals surface area contributed by atoms with Crippen molar-refractivity contribution in [2.45, 2.75) is 53.4 Å². The highest BCUT2D eigenvalue weighted by atomic mass is 32.2. The number of amides is 1. The van der Waals surface area contributed by atoms with Crippen molar-refractivity contribution in [3.05, 3.63) is 90.2 Å². The first-order chi connectivity index (χ1) is 21.5. The van der Waals surface area contributed by atoms with E-state index in [1.807, 2.05) is 12.1 Å². The minimum absolute atomic E-state index is 0.0644. The monoisotopic (exact) mass is 612 g/mol. The molecule has 3 atom stereocenters. The van der Waals surface area contributed by atoms with E-state index in [-0.39, 0.29) is 23.8 Å². The fourth-order valence-corrected chi connectivity index (χ4v) is 8.54. The molecule has 0 bridgehead atoms. The average molecular weight is 613 g/mol. The quantitative estimate of drug-likeness (QED) is 0.278. The normalized spacial score (nSPS) is 22.5. The number of nitrogens with one attached hydrogen (secondary N) is 1. The molecule has 8 heteroatoms. The molecule has 1 amide bonds. The number of hydrogen-bond donors (Lipinski definition) is 1. The molecule has 3 aliphatic rings. The topological polar surface area (TPSA) is 68.6 Å². The molecule has 6 nitrogen and oxygen atoms in total. The molecule has 3 aromatic carbocycles. The zero-order valence-corrected chi connectivity index (χ0v) is 26.1. The molecule has 2 aliphatic heterocycles. The summed E-state index contributed by atoms with van der Waals surface area (Å²) in [6.07, 6.45) is 3.30. The molecule has 2 saturated heterocycles. The minimum Gasteiger partial charge on any atom is -0.446 e. The average Bonchev–Trinajstić information content (AvgIpc) is 3.49. The number of nitriles is 1. The summed E-state index contributed by atoms with van der Waals surface area (Å²) >= 11 is 1.78. The van der Waals surface area contributed by atoms with Crippen molar-refractivity contribution in [1.82, 2.24) is 10.2 Å². The van der Waals surface area contributed by atoms with Gasteiger partial charge in [0.05, 0.1) is 11.5 Å². The van der Waals surface area contributed by atoms with Gasteiger partial charge in [0, 0.05) is 54.0 Å². The lowest BCUT2D eigenvalue weighted by molar-refractivity contribution is 0.0306. The number of benzene rings is 3. The standard InChI is InChI=1S/C36H41FN4O2S/c1-39-35(42)43-34-12-6-11-33(34)36(25-38,28-7-5-8-29(37)21-28)27-17-19-40(20-18-27)22-26-23-41(24-26)30-13-15-32(16-14-30)44-31-9-3-2-4-10-31/h2-5,7-10,13-16,21,26-27,33-34H,6,11-12,17-20,22-24H2,1H3,(H,39,42). The highest BCUT2D eigenvalue weighted by Crippen LogP contribution is 2.51. The molecule has 44 heavy (non-hydrogen) atoms. The van der Waals surface area contributed by atoms with E-state index >= 15 is 0 Å². The van der Waals surface area contributed by atoms with Crippen molar-refractivity contribution in [3.8, 4) is 6.07 Å². The third-order valence-electron chi connectivity index (χ3n) is 9.87. The molecule has 0 aromatic heterocycles. The number of ether oxygens (including phenoxy) is 1. The molecular formula is C36H41FN4O2S. The largest absolute Gasteiger partial charge is 0.446 e. The molecule has 230 valence electrons. The first-order valence-electron chi connectivity index (χ1n) is 15.8. The van der Waals surface area contributed by atoms with E-state index in [4.69, 9.17) is 4.74 Å². The van der Waals surface area contributed by atoms with Gasteiger partial charge in [-0.25, -0.2) is 9.18 Å². The van der Waals surface area contributed by atoms with Crippen LogP contribution in [0.15, 0.2) is 88.7 Å². The van der Waals surface area contributed by atoms with Gasteiger partial charge in [-0.15, -0.1) is 0 Å². The van der Waals surface area contributed by atoms with Crippen molar-refractivity contribution >= 4 is 23.5 Å². The third kappa shape index (κ3) is 6.45. The van der Waals surface area contributed by atoms with E-state index in [0.29, 0.717) is 5.92 Å². The Morgan fingerprint density at radius 2 is 1.73 bits per heavy atom. The SMILES string of the molecule is CNC(=O)OC1CCCC1C(C#N)(c1cccc(F)c1)C1CCN(CC2CN(c3ccc(Sc4ccccc4)cc3)C2)CC1. The van der Waals surface area contributed by atoms with E-state index in [1.54, 1.807) is 24.9 Å². The van der Waals surface area contributed by atoms with Gasteiger partial charge < -0.3 is 19.9 Å². The molecule has 0 spiro atoms. The number of likely N-dealkylation sites (tertiary alicyclic amines) is 1. The van der Waals surface area contributed by atoms with Crippen molar-refractivity contribution in [3.63, 3.8) is 0 Å². The van der Waals surface area contributed by atoms with Crippen LogP contribution in [0.5, 0.6) is 0 Å². The number of carbonyl (C=O) groups excluding carboxylic acids is 1. The van der Waals surface area contributed by atoms with Gasteiger partial charge in [-0.1, -0.05) is 42.1 Å². The fourth-order valence-electron chi connectivity index (χ4n) is 7.70. The summed E-state index contributed by atoms with van der Waals surface area (Å²) in [5.41, 5.74) is 1.09. The molecule has 6 rings (SSSR count). The summed E-state index contributed by atoms with van der Waals surface area (Å²) in [6.45, 7) is 4.99. The van der Waals surface area contributed by atoms with Crippen LogP contribution in [0.2, 0.25) is 0 Å². The third-order valence-corrected chi connectivity index (χ3v) is 10.9. The number of nitrogens with zero attached hydrogens (tertiary/aromatic N) is 3. The summed E-state index contributed by atoms with van der Waals surface area (Å²) in [6, 6.07) is 28.6. The lowest BCUT2D eigenvalue weighted by Crippen LogP contribution is -2.54. The van der Waals surface area contributed by atoms with E-state index in [1.165, 1.54) is 27.6 Å². The fraction of sp³-hybridized carbons (Fsp3) is 0.444. The summed E-state index contributed by atoms with van der Waals surface area (Å²) in [5.74, 6) is 0.185. The number of hydrogen-bond acceptors (Lipinski definition) is 6. The van der Waals surface area contributed by atoms with E-state index in [2.05, 4.69) is 69.7 Å². The minimum atomic E-state index is -0.901. The van der Waals surface area contributed by atoms with E-state index in [0.717, 1.165) is 70.4 Å². The predicted octanol–water partition coefficient (Wildman–Crippen LogP) is 7.11. The van der Waals surface area contributed by atoms with Crippen LogP contribution in [0, 0.1) is 34.9 Å². The molecule has 2 heterocycles. The number of halogens is 1. The number of piperidine rings is 1. The number of alkyl carbamates (subject to hydrolysis) is 1. The molecule has 3 fully saturated rings. The summed E-state index contributed by atoms with van der Waals surface area (Å²) < 4.78 is 20.3. The first kappa shape index (κ1) is 30.5. The Bertz CT molecular complexity index is 1450. The van der Waals surface area contributed by atoms with Crippen molar-refractivity contribution in [1.29, 1.82) is 5.26 Å². The lowest BCUT2D eigenvalue weighted by Gasteiger charge is -2.47. The van der Waals surface area contributed by atoms with Crippen molar-refractivity contribution < 1.29 is 13.9 Å². The van der Waals surface area contributed by atoms with Gasteiger partial charge in [0.25, 0.3) is 0 Å². The Labute approximate surface area is 264 Å². The van der Waals surface area contributed by atoms with Crippen LogP contribution in [0.25, 0.3) is 0 Å². The maximum atomic E-state index is 14.5. The van der Waals surface area contributed by atoms with Gasteiger partial charge in [-0.3, -0.25) is 0 Å². The van der Waals surface area contributed by atoms with Crippen LogP contribution in [0.4, 0.5) is 14.9 Å². The van der Waals surface area contributed by atoms with Gasteiger partial charge in [-0.2, -0.15) is 5.26 Å². The maximum absolute atomic E-state index is 14.5. The Balaban J connectivity index is 1.07. The van der Waals surface area contributed by atoms with Crippen LogP contribution in [0.3, 0.4) is 0 Å². The second-order valence-corrected chi connectivity index (χ2v) is 13.6. The Kier molecular flexibility index (Phi) is 9.44. The van der Waals surface area contributed by atoms with Gasteiger partial charge in [-0.05, 0) is 105 Å². The molecular weight excluding hydrogens is 571 g/mol. The Morgan fingerprint density at radius 3 is 2.41 bits per heavy atom. The second kappa shape index (κ2) is 13.6. The number of anilines is 1. The zero-order valence-electron chi connectivity index (χ0n) is 25.3. The second-order valence-electron chi connectivity index (χ2n) is 12.5. The first-order valence-corrected chi connectivity index (χ1v) is 16.7. The molecule has 1 N–H and O–H groups in total. The number of carbonyl (C=O) groups is 1. The molecule has 0 radical (unpaired) electrons. The van der Waals surface area contributed by atoms with Gasteiger partial charge in [0.2, 0.25) is 0 Å². The lowest BCUT2D eigenvalue weighted by atomic mass is 9.59. The predicted molar refractivity (Wildman–Crippen MR) is 172 cm³/mol. The summed E-state index contributed by atoms with van der Waals surface area (Å²) in [7, 11) is 1.55.